The molecule has 0 saturated carbocycles. The summed E-state index contributed by atoms with van der Waals surface area (Å²) in [6.45, 7) is 3.91. The number of hydrogen-bond donors (Lipinski definition) is 3. The van der Waals surface area contributed by atoms with Gasteiger partial charge in [-0.1, -0.05) is 61.5 Å². The molecule has 0 spiro atoms. The van der Waals surface area contributed by atoms with E-state index < -0.39 is 6.04 Å². The summed E-state index contributed by atoms with van der Waals surface area (Å²) in [6.07, 6.45) is 2.74. The minimum atomic E-state index is -0.767. The number of aromatic nitrogens is 1. The van der Waals surface area contributed by atoms with Crippen molar-refractivity contribution in [1.82, 2.24) is 20.1 Å². The molecular formula is C31H35N5O2. The lowest BCUT2D eigenvalue weighted by molar-refractivity contribution is -0.118. The largest absolute Gasteiger partial charge is 0.361 e. The predicted molar refractivity (Wildman–Crippen MR) is 152 cm³/mol. The standard InChI is InChI=1S/C31H35N5O2/c1-21(27-18-32-28-14-7-6-13-26(27)28)29(30(37)33-25-12-8-9-22(17-25)19-35(2)3)34-31(38)36-16-15-23-10-4-5-11-24(23)20-36/h4-14,17-18,21,29,32H,15-16,19-20H2,1-3H3,(H,33,37)(H,34,38)/t21-,29-/m1/s1. The molecule has 7 heteroatoms. The molecule has 0 unspecified atom stereocenters. The fourth-order valence-corrected chi connectivity index (χ4v) is 5.29. The number of amides is 3. The molecule has 3 aromatic carbocycles. The second-order valence-corrected chi connectivity index (χ2v) is 10.4. The third-order valence-corrected chi connectivity index (χ3v) is 7.28. The van der Waals surface area contributed by atoms with Gasteiger partial charge in [-0.3, -0.25) is 4.79 Å². The zero-order chi connectivity index (χ0) is 26.6. The van der Waals surface area contributed by atoms with Crippen molar-refractivity contribution < 1.29 is 9.59 Å². The van der Waals surface area contributed by atoms with Crippen molar-refractivity contribution in [1.29, 1.82) is 0 Å². The van der Waals surface area contributed by atoms with E-state index in [1.54, 1.807) is 4.90 Å². The molecule has 3 amide bonds. The summed E-state index contributed by atoms with van der Waals surface area (Å²) >= 11 is 0. The lowest BCUT2D eigenvalue weighted by Gasteiger charge is -2.32. The summed E-state index contributed by atoms with van der Waals surface area (Å²) in [7, 11) is 4.03. The van der Waals surface area contributed by atoms with Gasteiger partial charge in [0.2, 0.25) is 5.91 Å². The van der Waals surface area contributed by atoms with Crippen molar-refractivity contribution in [2.75, 3.05) is 26.0 Å². The van der Waals surface area contributed by atoms with E-state index in [0.717, 1.165) is 40.6 Å². The van der Waals surface area contributed by atoms with Crippen LogP contribution in [0.1, 0.15) is 35.1 Å². The summed E-state index contributed by atoms with van der Waals surface area (Å²) < 4.78 is 0. The number of hydrogen-bond acceptors (Lipinski definition) is 3. The molecule has 1 aliphatic rings. The predicted octanol–water partition coefficient (Wildman–Crippen LogP) is 5.11. The average Bonchev–Trinajstić information content (AvgIpc) is 3.35. The second kappa shape index (κ2) is 11.1. The second-order valence-electron chi connectivity index (χ2n) is 10.4. The van der Waals surface area contributed by atoms with Crippen LogP contribution in [-0.2, 0) is 24.3 Å². The molecule has 0 fully saturated rings. The highest BCUT2D eigenvalue weighted by molar-refractivity contribution is 5.98. The van der Waals surface area contributed by atoms with Gasteiger partial charge in [0.15, 0.2) is 0 Å². The van der Waals surface area contributed by atoms with Gasteiger partial charge in [-0.15, -0.1) is 0 Å². The van der Waals surface area contributed by atoms with E-state index in [0.29, 0.717) is 18.8 Å². The van der Waals surface area contributed by atoms with E-state index in [-0.39, 0.29) is 17.9 Å². The van der Waals surface area contributed by atoms with Gasteiger partial charge < -0.3 is 25.4 Å². The van der Waals surface area contributed by atoms with Crippen molar-refractivity contribution in [3.05, 3.63) is 101 Å². The van der Waals surface area contributed by atoms with Crippen LogP contribution in [0.4, 0.5) is 10.5 Å². The Morgan fingerprint density at radius 3 is 2.58 bits per heavy atom. The number of fused-ring (bicyclic) bond motifs is 2. The molecule has 1 aliphatic heterocycles. The van der Waals surface area contributed by atoms with Crippen molar-refractivity contribution in [3.63, 3.8) is 0 Å². The molecule has 196 valence electrons. The number of benzene rings is 3. The van der Waals surface area contributed by atoms with Gasteiger partial charge in [-0.2, -0.15) is 0 Å². The van der Waals surface area contributed by atoms with Gasteiger partial charge >= 0.3 is 6.03 Å². The first kappa shape index (κ1) is 25.5. The van der Waals surface area contributed by atoms with Gasteiger partial charge in [-0.25, -0.2) is 4.79 Å². The Morgan fingerprint density at radius 2 is 1.76 bits per heavy atom. The van der Waals surface area contributed by atoms with E-state index in [2.05, 4.69) is 32.7 Å². The highest BCUT2D eigenvalue weighted by Gasteiger charge is 2.32. The van der Waals surface area contributed by atoms with Crippen LogP contribution in [0.5, 0.6) is 0 Å². The molecule has 0 radical (unpaired) electrons. The first-order chi connectivity index (χ1) is 18.4. The van der Waals surface area contributed by atoms with Crippen LogP contribution < -0.4 is 10.6 Å². The summed E-state index contributed by atoms with van der Waals surface area (Å²) in [5, 5.41) is 7.21. The topological polar surface area (TPSA) is 80.5 Å². The quantitative estimate of drug-likeness (QED) is 0.324. The fourth-order valence-electron chi connectivity index (χ4n) is 5.29. The van der Waals surface area contributed by atoms with Crippen LogP contribution >= 0.6 is 0 Å². The summed E-state index contributed by atoms with van der Waals surface area (Å²) in [4.78, 5) is 34.5. The summed E-state index contributed by atoms with van der Waals surface area (Å²) in [5.41, 5.74) is 6.24. The molecule has 0 saturated heterocycles. The molecule has 4 aromatic rings. The molecule has 1 aromatic heterocycles. The number of H-pyrrole nitrogens is 1. The Morgan fingerprint density at radius 1 is 1.00 bits per heavy atom. The summed E-state index contributed by atoms with van der Waals surface area (Å²) in [5.74, 6) is -0.507. The zero-order valence-electron chi connectivity index (χ0n) is 22.2. The maximum absolute atomic E-state index is 13.8. The van der Waals surface area contributed by atoms with Gasteiger partial charge in [0.05, 0.1) is 0 Å². The van der Waals surface area contributed by atoms with Crippen LogP contribution in [0.2, 0.25) is 0 Å². The number of carbonyl (C=O) groups excluding carboxylic acids is 2. The van der Waals surface area contributed by atoms with Crippen LogP contribution in [0.25, 0.3) is 10.9 Å². The van der Waals surface area contributed by atoms with Crippen LogP contribution in [-0.4, -0.2) is 53.4 Å². The van der Waals surface area contributed by atoms with Gasteiger partial charge in [0, 0.05) is 48.3 Å². The molecule has 5 rings (SSSR count). The van der Waals surface area contributed by atoms with E-state index in [1.165, 1.54) is 5.56 Å². The SMILES string of the molecule is C[C@H](c1c[nH]c2ccccc12)[C@@H](NC(=O)N1CCc2ccccc2C1)C(=O)Nc1cccc(CN(C)C)c1. The number of para-hydroxylation sites is 1. The molecule has 0 aliphatic carbocycles. The third kappa shape index (κ3) is 5.58. The molecule has 38 heavy (non-hydrogen) atoms. The molecule has 3 N–H and O–H groups in total. The van der Waals surface area contributed by atoms with Crippen molar-refractivity contribution >= 4 is 28.5 Å². The Balaban J connectivity index is 1.40. The Bertz CT molecular complexity index is 1440. The maximum Gasteiger partial charge on any atom is 0.318 e. The lowest BCUT2D eigenvalue weighted by Crippen LogP contribution is -2.52. The Kier molecular flexibility index (Phi) is 7.47. The highest BCUT2D eigenvalue weighted by Crippen LogP contribution is 2.29. The lowest BCUT2D eigenvalue weighted by atomic mass is 9.92. The maximum atomic E-state index is 13.8. The van der Waals surface area contributed by atoms with E-state index in [4.69, 9.17) is 0 Å². The van der Waals surface area contributed by atoms with Crippen molar-refractivity contribution in [2.45, 2.75) is 38.4 Å². The van der Waals surface area contributed by atoms with Gasteiger partial charge in [0.1, 0.15) is 6.04 Å². The molecule has 2 heterocycles. The minimum Gasteiger partial charge on any atom is -0.361 e. The number of aromatic amines is 1. The normalized spacial score (nSPS) is 14.7. The first-order valence-corrected chi connectivity index (χ1v) is 13.1. The monoisotopic (exact) mass is 509 g/mol. The van der Waals surface area contributed by atoms with Crippen LogP contribution in [0.15, 0.2) is 79.0 Å². The Hall–Kier alpha value is -4.10. The number of nitrogens with zero attached hydrogens (tertiary/aromatic N) is 2. The number of anilines is 1. The smallest absolute Gasteiger partial charge is 0.318 e. The van der Waals surface area contributed by atoms with Crippen molar-refractivity contribution in [2.24, 2.45) is 0 Å². The first-order valence-electron chi connectivity index (χ1n) is 13.1. The molecule has 2 atom stereocenters. The number of urea groups is 1. The molecular weight excluding hydrogens is 474 g/mol. The van der Waals surface area contributed by atoms with E-state index >= 15 is 0 Å². The zero-order valence-corrected chi connectivity index (χ0v) is 22.2. The number of carbonyl (C=O) groups is 2. The number of nitrogens with one attached hydrogen (secondary N) is 3. The van der Waals surface area contributed by atoms with Crippen LogP contribution in [0, 0.1) is 0 Å². The van der Waals surface area contributed by atoms with Gasteiger partial charge in [-0.05, 0) is 61.0 Å². The van der Waals surface area contributed by atoms with E-state index in [9.17, 15) is 9.59 Å². The Labute approximate surface area is 223 Å². The summed E-state index contributed by atoms with van der Waals surface area (Å²) in [6, 6.07) is 23.1. The minimum absolute atomic E-state index is 0.229. The van der Waals surface area contributed by atoms with Gasteiger partial charge in [0.25, 0.3) is 0 Å². The number of rotatable bonds is 7. The molecule has 7 nitrogen and oxygen atoms in total. The third-order valence-electron chi connectivity index (χ3n) is 7.28. The highest BCUT2D eigenvalue weighted by atomic mass is 16.2. The molecule has 0 bridgehead atoms. The van der Waals surface area contributed by atoms with E-state index in [1.807, 2.05) is 87.9 Å². The fraction of sp³-hybridized carbons (Fsp3) is 0.290. The van der Waals surface area contributed by atoms with Crippen LogP contribution in [0.3, 0.4) is 0 Å². The average molecular weight is 510 g/mol. The van der Waals surface area contributed by atoms with Crippen molar-refractivity contribution in [3.8, 4) is 0 Å².